The first-order valence-corrected chi connectivity index (χ1v) is 4.81. The molecule has 6 nitrogen and oxygen atoms in total. The third-order valence-electron chi connectivity index (χ3n) is 2.31. The van der Waals surface area contributed by atoms with Gasteiger partial charge in [0.25, 0.3) is 0 Å². The maximum Gasteiger partial charge on any atom is 0.320 e. The van der Waals surface area contributed by atoms with Gasteiger partial charge in [0.15, 0.2) is 0 Å². The molecule has 1 atom stereocenters. The van der Waals surface area contributed by atoms with Crippen LogP contribution in [0.25, 0.3) is 0 Å². The highest BCUT2D eigenvalue weighted by molar-refractivity contribution is 6.01. The average molecular weight is 214 g/mol. The molecular weight excluding hydrogens is 200 g/mol. The number of carbonyl (C=O) groups excluding carboxylic acids is 2. The normalized spacial score (nSPS) is 18.3. The van der Waals surface area contributed by atoms with E-state index in [0.29, 0.717) is 6.54 Å². The van der Waals surface area contributed by atoms with Gasteiger partial charge in [0.2, 0.25) is 11.8 Å². The quantitative estimate of drug-likeness (QED) is 0.585. The van der Waals surface area contributed by atoms with E-state index in [4.69, 9.17) is 5.11 Å². The van der Waals surface area contributed by atoms with Gasteiger partial charge < -0.3 is 10.4 Å². The largest absolute Gasteiger partial charge is 0.480 e. The number of amides is 2. The van der Waals surface area contributed by atoms with E-state index in [0.717, 1.165) is 0 Å². The van der Waals surface area contributed by atoms with E-state index in [1.54, 1.807) is 0 Å². The van der Waals surface area contributed by atoms with Gasteiger partial charge in [0.05, 0.1) is 0 Å². The highest BCUT2D eigenvalue weighted by Crippen LogP contribution is 2.10. The Morgan fingerprint density at radius 1 is 1.47 bits per heavy atom. The molecule has 6 heteroatoms. The molecular formula is C9H14N2O4. The molecule has 0 aromatic heterocycles. The van der Waals surface area contributed by atoms with Gasteiger partial charge in [-0.15, -0.1) is 0 Å². The lowest BCUT2D eigenvalue weighted by atomic mass is 10.3. The van der Waals surface area contributed by atoms with Gasteiger partial charge >= 0.3 is 5.97 Å². The number of carboxylic acids is 1. The molecule has 0 radical (unpaired) electrons. The topological polar surface area (TPSA) is 86.7 Å². The number of aliphatic carboxylic acids is 1. The van der Waals surface area contributed by atoms with Crippen LogP contribution in [-0.2, 0) is 14.4 Å². The smallest absolute Gasteiger partial charge is 0.320 e. The van der Waals surface area contributed by atoms with Crippen molar-refractivity contribution in [2.75, 3.05) is 13.1 Å². The van der Waals surface area contributed by atoms with E-state index in [-0.39, 0.29) is 31.2 Å². The second-order valence-corrected chi connectivity index (χ2v) is 3.45. The molecule has 0 aromatic rings. The molecule has 0 bridgehead atoms. The van der Waals surface area contributed by atoms with Crippen molar-refractivity contribution in [3.05, 3.63) is 0 Å². The molecule has 2 amide bonds. The molecule has 1 aliphatic heterocycles. The third-order valence-corrected chi connectivity index (χ3v) is 2.31. The van der Waals surface area contributed by atoms with Crippen molar-refractivity contribution in [3.8, 4) is 0 Å². The second-order valence-electron chi connectivity index (χ2n) is 3.45. The molecule has 0 aromatic carbocycles. The fourth-order valence-corrected chi connectivity index (χ4v) is 1.35. The zero-order chi connectivity index (χ0) is 11.4. The van der Waals surface area contributed by atoms with Crippen LogP contribution in [0.2, 0.25) is 0 Å². The monoisotopic (exact) mass is 214 g/mol. The Bertz CT molecular complexity index is 274. The summed E-state index contributed by atoms with van der Waals surface area (Å²) in [6.07, 6.45) is 0.542. The number of carboxylic acid groups (broad SMARTS) is 1. The summed E-state index contributed by atoms with van der Waals surface area (Å²) in [4.78, 5) is 33.9. The predicted octanol–water partition coefficient (Wildman–Crippen LogP) is -0.802. The molecule has 1 unspecified atom stereocenters. The van der Waals surface area contributed by atoms with Gasteiger partial charge in [-0.3, -0.25) is 19.3 Å². The molecule has 0 saturated carbocycles. The molecule has 2 N–H and O–H groups in total. The molecule has 0 aliphatic carbocycles. The summed E-state index contributed by atoms with van der Waals surface area (Å²) in [7, 11) is 0. The minimum Gasteiger partial charge on any atom is -0.480 e. The van der Waals surface area contributed by atoms with Crippen LogP contribution in [0.15, 0.2) is 0 Å². The molecule has 1 aliphatic rings. The Labute approximate surface area is 87.2 Å². The lowest BCUT2D eigenvalue weighted by Gasteiger charge is -2.15. The van der Waals surface area contributed by atoms with E-state index < -0.39 is 12.0 Å². The van der Waals surface area contributed by atoms with Crippen LogP contribution in [-0.4, -0.2) is 46.9 Å². The zero-order valence-corrected chi connectivity index (χ0v) is 8.52. The highest BCUT2D eigenvalue weighted by atomic mass is 16.4. The highest BCUT2D eigenvalue weighted by Gasteiger charge is 2.28. The lowest BCUT2D eigenvalue weighted by molar-refractivity contribution is -0.139. The molecule has 15 heavy (non-hydrogen) atoms. The molecule has 1 rings (SSSR count). The van der Waals surface area contributed by atoms with E-state index in [2.05, 4.69) is 5.32 Å². The fourth-order valence-electron chi connectivity index (χ4n) is 1.35. The summed E-state index contributed by atoms with van der Waals surface area (Å²) in [6, 6.07) is -0.669. The van der Waals surface area contributed by atoms with Crippen LogP contribution in [0.5, 0.6) is 0 Å². The number of likely N-dealkylation sites (tertiary alicyclic amines) is 1. The van der Waals surface area contributed by atoms with Crippen molar-refractivity contribution in [2.24, 2.45) is 0 Å². The average Bonchev–Trinajstić information content (AvgIpc) is 2.48. The maximum atomic E-state index is 11.2. The van der Waals surface area contributed by atoms with E-state index in [1.807, 2.05) is 0 Å². The molecule has 0 spiro atoms. The Hall–Kier alpha value is -1.43. The van der Waals surface area contributed by atoms with Gasteiger partial charge in [0.1, 0.15) is 6.04 Å². The Morgan fingerprint density at radius 2 is 2.00 bits per heavy atom. The van der Waals surface area contributed by atoms with Gasteiger partial charge in [0, 0.05) is 25.9 Å². The van der Waals surface area contributed by atoms with E-state index >= 15 is 0 Å². The van der Waals surface area contributed by atoms with Crippen LogP contribution < -0.4 is 5.32 Å². The number of rotatable bonds is 5. The van der Waals surface area contributed by atoms with Crippen molar-refractivity contribution < 1.29 is 19.5 Å². The summed E-state index contributed by atoms with van der Waals surface area (Å²) in [5, 5.41) is 11.3. The van der Waals surface area contributed by atoms with Crippen LogP contribution >= 0.6 is 0 Å². The SMILES string of the molecule is CC(NCCN1C(=O)CCC1=O)C(=O)O. The number of imide groups is 1. The number of nitrogens with one attached hydrogen (secondary N) is 1. The van der Waals surface area contributed by atoms with Crippen LogP contribution in [0.4, 0.5) is 0 Å². The first-order chi connectivity index (χ1) is 7.02. The number of carbonyl (C=O) groups is 3. The Kier molecular flexibility index (Phi) is 3.79. The number of hydrogen-bond acceptors (Lipinski definition) is 4. The first kappa shape index (κ1) is 11.6. The minimum absolute atomic E-state index is 0.176. The standard InChI is InChI=1S/C9H14N2O4/c1-6(9(14)15)10-4-5-11-7(12)2-3-8(11)13/h6,10H,2-5H2,1H3,(H,14,15). The van der Waals surface area contributed by atoms with Crippen LogP contribution in [0.3, 0.4) is 0 Å². The first-order valence-electron chi connectivity index (χ1n) is 4.81. The van der Waals surface area contributed by atoms with Crippen molar-refractivity contribution in [3.63, 3.8) is 0 Å². The summed E-state index contributed by atoms with van der Waals surface area (Å²) < 4.78 is 0. The third kappa shape index (κ3) is 3.02. The lowest BCUT2D eigenvalue weighted by Crippen LogP contribution is -2.41. The van der Waals surface area contributed by atoms with Gasteiger partial charge in [-0.2, -0.15) is 0 Å². The molecule has 1 heterocycles. The summed E-state index contributed by atoms with van der Waals surface area (Å²) in [5.41, 5.74) is 0. The van der Waals surface area contributed by atoms with Crippen molar-refractivity contribution in [1.82, 2.24) is 10.2 Å². The van der Waals surface area contributed by atoms with Crippen molar-refractivity contribution in [1.29, 1.82) is 0 Å². The van der Waals surface area contributed by atoms with E-state index in [9.17, 15) is 14.4 Å². The summed E-state index contributed by atoms with van der Waals surface area (Å²) in [6.45, 7) is 2.07. The van der Waals surface area contributed by atoms with E-state index in [1.165, 1.54) is 11.8 Å². The molecule has 84 valence electrons. The maximum absolute atomic E-state index is 11.2. The summed E-state index contributed by atoms with van der Waals surface area (Å²) in [5.74, 6) is -1.30. The zero-order valence-electron chi connectivity index (χ0n) is 8.52. The molecule has 1 saturated heterocycles. The predicted molar refractivity (Wildman–Crippen MR) is 51.1 cm³/mol. The van der Waals surface area contributed by atoms with Crippen molar-refractivity contribution >= 4 is 17.8 Å². The van der Waals surface area contributed by atoms with Gasteiger partial charge in [-0.05, 0) is 6.92 Å². The van der Waals surface area contributed by atoms with Gasteiger partial charge in [-0.1, -0.05) is 0 Å². The molecule has 1 fully saturated rings. The minimum atomic E-state index is -0.950. The van der Waals surface area contributed by atoms with Crippen LogP contribution in [0, 0.1) is 0 Å². The summed E-state index contributed by atoms with van der Waals surface area (Å²) >= 11 is 0. The Morgan fingerprint density at radius 3 is 2.47 bits per heavy atom. The fraction of sp³-hybridized carbons (Fsp3) is 0.667. The second kappa shape index (κ2) is 4.88. The van der Waals surface area contributed by atoms with Gasteiger partial charge in [-0.25, -0.2) is 0 Å². The van der Waals surface area contributed by atoms with Crippen molar-refractivity contribution in [2.45, 2.75) is 25.8 Å². The number of nitrogens with zero attached hydrogens (tertiary/aromatic N) is 1. The Balaban J connectivity index is 2.28. The van der Waals surface area contributed by atoms with Crippen LogP contribution in [0.1, 0.15) is 19.8 Å². The number of hydrogen-bond donors (Lipinski definition) is 2.